The summed E-state index contributed by atoms with van der Waals surface area (Å²) in [5, 5.41) is 0. The number of aromatic nitrogens is 1. The highest BCUT2D eigenvalue weighted by Crippen LogP contribution is 2.18. The van der Waals surface area contributed by atoms with Crippen LogP contribution in [0.15, 0.2) is 6.20 Å². The lowest BCUT2D eigenvalue weighted by Crippen LogP contribution is -2.15. The first kappa shape index (κ1) is 13.1. The van der Waals surface area contributed by atoms with Gasteiger partial charge in [0.05, 0.1) is 0 Å². The maximum Gasteiger partial charge on any atom is 0.0408 e. The van der Waals surface area contributed by atoms with Crippen molar-refractivity contribution in [3.8, 4) is 0 Å². The molecule has 0 aliphatic carbocycles. The van der Waals surface area contributed by atoms with Crippen molar-refractivity contribution >= 4 is 0 Å². The molecule has 0 bridgehead atoms. The fourth-order valence-electron chi connectivity index (χ4n) is 2.05. The molecule has 0 aliphatic heterocycles. The van der Waals surface area contributed by atoms with Crippen molar-refractivity contribution in [1.82, 2.24) is 4.98 Å². The second-order valence-electron chi connectivity index (χ2n) is 3.94. The van der Waals surface area contributed by atoms with Crippen LogP contribution in [0.4, 0.5) is 0 Å². The van der Waals surface area contributed by atoms with Gasteiger partial charge in [-0.15, -0.1) is 0 Å². The Morgan fingerprint density at radius 3 is 2.06 bits per heavy atom. The number of aryl methyl sites for hydroxylation is 1. The predicted octanol–water partition coefficient (Wildman–Crippen LogP) is -0.106. The molecule has 0 spiro atoms. The highest BCUT2D eigenvalue weighted by atomic mass is 14.7. The lowest BCUT2D eigenvalue weighted by molar-refractivity contribution is 0.842. The number of rotatable bonds is 6. The maximum atomic E-state index is 5.66. The minimum absolute atomic E-state index is 0.643. The van der Waals surface area contributed by atoms with Gasteiger partial charge in [-0.3, -0.25) is 4.98 Å². The average molecular weight is 222 g/mol. The van der Waals surface area contributed by atoms with E-state index in [0.717, 1.165) is 25.0 Å². The van der Waals surface area contributed by atoms with E-state index in [9.17, 15) is 0 Å². The van der Waals surface area contributed by atoms with Crippen molar-refractivity contribution in [3.63, 3.8) is 0 Å². The molecule has 4 nitrogen and oxygen atoms in total. The summed E-state index contributed by atoms with van der Waals surface area (Å²) in [6.07, 6.45) is 4.54. The molecule has 0 amide bonds. The minimum atomic E-state index is 0.643. The van der Waals surface area contributed by atoms with Gasteiger partial charge < -0.3 is 17.2 Å². The highest BCUT2D eigenvalue weighted by Gasteiger charge is 2.10. The van der Waals surface area contributed by atoms with Crippen molar-refractivity contribution in [2.45, 2.75) is 26.2 Å². The molecule has 1 aromatic heterocycles. The summed E-state index contributed by atoms with van der Waals surface area (Å²) in [5.41, 5.74) is 21.8. The van der Waals surface area contributed by atoms with Crippen molar-refractivity contribution in [1.29, 1.82) is 0 Å². The fourth-order valence-corrected chi connectivity index (χ4v) is 2.05. The van der Waals surface area contributed by atoms with Gasteiger partial charge in [0, 0.05) is 11.9 Å². The quantitative estimate of drug-likeness (QED) is 0.626. The van der Waals surface area contributed by atoms with E-state index >= 15 is 0 Å². The molecule has 16 heavy (non-hydrogen) atoms. The van der Waals surface area contributed by atoms with Gasteiger partial charge in [-0.25, -0.2) is 0 Å². The molecule has 0 unspecified atom stereocenters. The van der Waals surface area contributed by atoms with Crippen LogP contribution < -0.4 is 17.2 Å². The van der Waals surface area contributed by atoms with Gasteiger partial charge in [-0.05, 0) is 62.5 Å². The summed E-state index contributed by atoms with van der Waals surface area (Å²) in [6, 6.07) is 0. The van der Waals surface area contributed by atoms with Gasteiger partial charge in [0.1, 0.15) is 0 Å². The van der Waals surface area contributed by atoms with Crippen molar-refractivity contribution in [2.24, 2.45) is 17.2 Å². The first-order valence-corrected chi connectivity index (χ1v) is 5.81. The number of nitrogens with zero attached hydrogens (tertiary/aromatic N) is 1. The van der Waals surface area contributed by atoms with E-state index in [4.69, 9.17) is 17.2 Å². The highest BCUT2D eigenvalue weighted by molar-refractivity contribution is 5.37. The van der Waals surface area contributed by atoms with Gasteiger partial charge in [-0.2, -0.15) is 0 Å². The SMILES string of the molecule is Cc1ncc(CCN)c(CCN)c1CCN. The van der Waals surface area contributed by atoms with Gasteiger partial charge in [0.2, 0.25) is 0 Å². The Morgan fingerprint density at radius 2 is 1.50 bits per heavy atom. The second-order valence-corrected chi connectivity index (χ2v) is 3.94. The third-order valence-corrected chi connectivity index (χ3v) is 2.81. The van der Waals surface area contributed by atoms with Crippen molar-refractivity contribution in [3.05, 3.63) is 28.6 Å². The first-order chi connectivity index (χ1) is 7.74. The largest absolute Gasteiger partial charge is 0.330 e. The minimum Gasteiger partial charge on any atom is -0.330 e. The van der Waals surface area contributed by atoms with Crippen LogP contribution in [0.25, 0.3) is 0 Å². The lowest BCUT2D eigenvalue weighted by atomic mass is 9.95. The van der Waals surface area contributed by atoms with Crippen LogP contribution in [-0.2, 0) is 19.3 Å². The van der Waals surface area contributed by atoms with Crippen LogP contribution in [0.3, 0.4) is 0 Å². The van der Waals surface area contributed by atoms with Crippen molar-refractivity contribution < 1.29 is 0 Å². The summed E-state index contributed by atoms with van der Waals surface area (Å²) in [7, 11) is 0. The van der Waals surface area contributed by atoms with E-state index in [1.165, 1.54) is 16.7 Å². The van der Waals surface area contributed by atoms with E-state index in [1.54, 1.807) is 0 Å². The summed E-state index contributed by atoms with van der Waals surface area (Å²) in [6.45, 7) is 3.96. The van der Waals surface area contributed by atoms with Crippen molar-refractivity contribution in [2.75, 3.05) is 19.6 Å². The van der Waals surface area contributed by atoms with Crippen LogP contribution in [0.5, 0.6) is 0 Å². The van der Waals surface area contributed by atoms with Crippen LogP contribution in [0, 0.1) is 6.92 Å². The van der Waals surface area contributed by atoms with Crippen LogP contribution in [-0.4, -0.2) is 24.6 Å². The van der Waals surface area contributed by atoms with E-state index in [2.05, 4.69) is 4.98 Å². The van der Waals surface area contributed by atoms with Crippen LogP contribution >= 0.6 is 0 Å². The molecule has 0 aromatic carbocycles. The summed E-state index contributed by atoms with van der Waals surface area (Å²) >= 11 is 0. The molecule has 0 radical (unpaired) electrons. The summed E-state index contributed by atoms with van der Waals surface area (Å²) in [4.78, 5) is 4.41. The molecule has 4 heteroatoms. The maximum absolute atomic E-state index is 5.66. The normalized spacial score (nSPS) is 10.8. The Kier molecular flexibility index (Phi) is 5.38. The lowest BCUT2D eigenvalue weighted by Gasteiger charge is -2.15. The van der Waals surface area contributed by atoms with E-state index in [1.807, 2.05) is 13.1 Å². The molecule has 1 aromatic rings. The zero-order chi connectivity index (χ0) is 12.0. The molecule has 0 fully saturated rings. The molecular weight excluding hydrogens is 200 g/mol. The van der Waals surface area contributed by atoms with Gasteiger partial charge >= 0.3 is 0 Å². The summed E-state index contributed by atoms with van der Waals surface area (Å²) in [5.74, 6) is 0. The molecule has 1 rings (SSSR count). The molecule has 0 saturated heterocycles. The second kappa shape index (κ2) is 6.58. The Balaban J connectivity index is 3.14. The Labute approximate surface area is 97.2 Å². The third kappa shape index (κ3) is 3.01. The van der Waals surface area contributed by atoms with Crippen LogP contribution in [0.2, 0.25) is 0 Å². The topological polar surface area (TPSA) is 90.9 Å². The van der Waals surface area contributed by atoms with Gasteiger partial charge in [0.25, 0.3) is 0 Å². The zero-order valence-electron chi connectivity index (χ0n) is 10.00. The molecule has 0 saturated carbocycles. The fraction of sp³-hybridized carbons (Fsp3) is 0.583. The predicted molar refractivity (Wildman–Crippen MR) is 67.2 cm³/mol. The van der Waals surface area contributed by atoms with Crippen LogP contribution in [0.1, 0.15) is 22.4 Å². The van der Waals surface area contributed by atoms with E-state index in [-0.39, 0.29) is 0 Å². The van der Waals surface area contributed by atoms with E-state index < -0.39 is 0 Å². The van der Waals surface area contributed by atoms with Gasteiger partial charge in [0.15, 0.2) is 0 Å². The van der Waals surface area contributed by atoms with Gasteiger partial charge in [-0.1, -0.05) is 0 Å². The number of hydrogen-bond acceptors (Lipinski definition) is 4. The van der Waals surface area contributed by atoms with E-state index in [0.29, 0.717) is 19.6 Å². The smallest absolute Gasteiger partial charge is 0.0408 e. The molecule has 6 N–H and O–H groups in total. The Bertz CT molecular complexity index is 336. The molecular formula is C12H22N4. The number of nitrogens with two attached hydrogens (primary N) is 3. The third-order valence-electron chi connectivity index (χ3n) is 2.81. The number of pyridine rings is 1. The number of hydrogen-bond donors (Lipinski definition) is 3. The summed E-state index contributed by atoms with van der Waals surface area (Å²) < 4.78 is 0. The molecule has 0 aliphatic rings. The monoisotopic (exact) mass is 222 g/mol. The standard InChI is InChI=1S/C12H22N4/c1-9-11(3-6-14)12(4-7-15)10(2-5-13)8-16-9/h8H,2-7,13-15H2,1H3. The molecule has 1 heterocycles. The average Bonchev–Trinajstić information content (AvgIpc) is 2.27. The molecule has 90 valence electrons. The zero-order valence-corrected chi connectivity index (χ0v) is 10.00. The Morgan fingerprint density at radius 1 is 0.938 bits per heavy atom. The Hall–Kier alpha value is -0.970. The molecule has 0 atom stereocenters. The first-order valence-electron chi connectivity index (χ1n) is 5.81.